The van der Waals surface area contributed by atoms with E-state index in [4.69, 9.17) is 23.2 Å². The minimum Gasteiger partial charge on any atom is -0.326 e. The summed E-state index contributed by atoms with van der Waals surface area (Å²) in [7, 11) is -3.57. The van der Waals surface area contributed by atoms with Crippen LogP contribution in [0.1, 0.15) is 12.8 Å². The molecule has 0 fully saturated rings. The molecule has 0 radical (unpaired) electrons. The van der Waals surface area contributed by atoms with Gasteiger partial charge in [-0.15, -0.1) is 0 Å². The highest BCUT2D eigenvalue weighted by Gasteiger charge is 2.20. The second-order valence-corrected chi connectivity index (χ2v) is 9.26. The number of carbonyl (C=O) groups is 1. The van der Waals surface area contributed by atoms with Gasteiger partial charge in [0, 0.05) is 28.1 Å². The third-order valence-corrected chi connectivity index (χ3v) is 5.68. The Kier molecular flexibility index (Phi) is 7.34. The van der Waals surface area contributed by atoms with Crippen molar-refractivity contribution >= 4 is 66.4 Å². The maximum absolute atomic E-state index is 12.1. The number of nitrogens with zero attached hydrogens (tertiary/aromatic N) is 1. The monoisotopic (exact) mass is 478 g/mol. The molecule has 2 aromatic carbocycles. The highest BCUT2D eigenvalue weighted by atomic mass is 79.9. The Hall–Kier alpha value is -1.28. The Morgan fingerprint density at radius 1 is 1.19 bits per heavy atom. The van der Waals surface area contributed by atoms with Crippen LogP contribution in [0, 0.1) is 0 Å². The standard InChI is InChI=1S/C17H17BrCl2N2O3S/c1-26(24,25)22(16-11-13(19)7-8-15(16)20)9-3-6-17(23)21-14-5-2-4-12(18)10-14/h2,4-5,7-8,10-11H,3,6,9H2,1H3,(H,21,23). The van der Waals surface area contributed by atoms with E-state index >= 15 is 0 Å². The molecule has 0 bridgehead atoms. The molecule has 140 valence electrons. The molecule has 1 amide bonds. The van der Waals surface area contributed by atoms with Crippen molar-refractivity contribution < 1.29 is 13.2 Å². The van der Waals surface area contributed by atoms with Crippen molar-refractivity contribution in [1.29, 1.82) is 0 Å². The number of carbonyl (C=O) groups excluding carboxylic acids is 1. The van der Waals surface area contributed by atoms with Crippen LogP contribution in [0.4, 0.5) is 11.4 Å². The highest BCUT2D eigenvalue weighted by Crippen LogP contribution is 2.30. The van der Waals surface area contributed by atoms with Crippen molar-refractivity contribution in [3.8, 4) is 0 Å². The van der Waals surface area contributed by atoms with Gasteiger partial charge in [0.05, 0.1) is 17.0 Å². The number of sulfonamides is 1. The van der Waals surface area contributed by atoms with Gasteiger partial charge in [0.1, 0.15) is 0 Å². The Balaban J connectivity index is 2.02. The fraction of sp³-hybridized carbons (Fsp3) is 0.235. The summed E-state index contributed by atoms with van der Waals surface area (Å²) in [6, 6.07) is 11.8. The highest BCUT2D eigenvalue weighted by molar-refractivity contribution is 9.10. The van der Waals surface area contributed by atoms with Crippen LogP contribution < -0.4 is 9.62 Å². The van der Waals surface area contributed by atoms with Gasteiger partial charge in [0.15, 0.2) is 0 Å². The van der Waals surface area contributed by atoms with E-state index in [0.29, 0.717) is 22.8 Å². The molecule has 1 N–H and O–H groups in total. The number of anilines is 2. The van der Waals surface area contributed by atoms with Gasteiger partial charge in [-0.3, -0.25) is 9.10 Å². The number of hydrogen-bond donors (Lipinski definition) is 1. The van der Waals surface area contributed by atoms with Crippen LogP contribution in [-0.2, 0) is 14.8 Å². The van der Waals surface area contributed by atoms with Crippen molar-refractivity contribution in [3.63, 3.8) is 0 Å². The van der Waals surface area contributed by atoms with Crippen LogP contribution in [0.3, 0.4) is 0 Å². The van der Waals surface area contributed by atoms with Gasteiger partial charge in [-0.1, -0.05) is 45.2 Å². The smallest absolute Gasteiger partial charge is 0.232 e. The zero-order chi connectivity index (χ0) is 19.3. The van der Waals surface area contributed by atoms with Crippen LogP contribution >= 0.6 is 39.1 Å². The second kappa shape index (κ2) is 9.08. The molecule has 0 aliphatic rings. The zero-order valence-electron chi connectivity index (χ0n) is 13.9. The molecule has 0 saturated carbocycles. The van der Waals surface area contributed by atoms with Crippen LogP contribution in [0.5, 0.6) is 0 Å². The molecule has 0 spiro atoms. The third-order valence-electron chi connectivity index (χ3n) is 3.45. The molecule has 0 aliphatic heterocycles. The normalized spacial score (nSPS) is 11.2. The van der Waals surface area contributed by atoms with Crippen molar-refractivity contribution in [2.45, 2.75) is 12.8 Å². The van der Waals surface area contributed by atoms with Crippen molar-refractivity contribution in [2.24, 2.45) is 0 Å². The summed E-state index contributed by atoms with van der Waals surface area (Å²) in [6.07, 6.45) is 1.58. The van der Waals surface area contributed by atoms with Gasteiger partial charge in [-0.2, -0.15) is 0 Å². The van der Waals surface area contributed by atoms with Crippen LogP contribution in [-0.4, -0.2) is 27.1 Å². The number of rotatable bonds is 7. The average molecular weight is 480 g/mol. The maximum Gasteiger partial charge on any atom is 0.232 e. The Morgan fingerprint density at radius 3 is 2.58 bits per heavy atom. The first-order valence-electron chi connectivity index (χ1n) is 7.65. The van der Waals surface area contributed by atoms with Crippen LogP contribution in [0.25, 0.3) is 0 Å². The van der Waals surface area contributed by atoms with E-state index in [1.807, 2.05) is 12.1 Å². The lowest BCUT2D eigenvalue weighted by Gasteiger charge is -2.23. The summed E-state index contributed by atoms with van der Waals surface area (Å²) in [5, 5.41) is 3.43. The zero-order valence-corrected chi connectivity index (χ0v) is 17.8. The molecule has 9 heteroatoms. The fourth-order valence-corrected chi connectivity index (χ4v) is 4.12. The van der Waals surface area contributed by atoms with E-state index in [1.165, 1.54) is 12.1 Å². The number of hydrogen-bond acceptors (Lipinski definition) is 3. The first-order valence-corrected chi connectivity index (χ1v) is 11.0. The van der Waals surface area contributed by atoms with E-state index < -0.39 is 10.0 Å². The van der Waals surface area contributed by atoms with Gasteiger partial charge in [-0.25, -0.2) is 8.42 Å². The van der Waals surface area contributed by atoms with Gasteiger partial charge >= 0.3 is 0 Å². The van der Waals surface area contributed by atoms with Gasteiger partial charge in [0.2, 0.25) is 15.9 Å². The molecular formula is C17H17BrCl2N2O3S. The molecule has 0 unspecified atom stereocenters. The Bertz CT molecular complexity index is 907. The Morgan fingerprint density at radius 2 is 1.92 bits per heavy atom. The van der Waals surface area contributed by atoms with E-state index in [0.717, 1.165) is 15.0 Å². The molecule has 0 aliphatic carbocycles. The molecule has 0 saturated heterocycles. The number of benzene rings is 2. The largest absolute Gasteiger partial charge is 0.326 e. The summed E-state index contributed by atoms with van der Waals surface area (Å²) in [6.45, 7) is 0.116. The summed E-state index contributed by atoms with van der Waals surface area (Å²) in [4.78, 5) is 12.1. The summed E-state index contributed by atoms with van der Waals surface area (Å²) >= 11 is 15.4. The van der Waals surface area contributed by atoms with Crippen LogP contribution in [0.2, 0.25) is 10.0 Å². The van der Waals surface area contributed by atoms with Crippen LogP contribution in [0.15, 0.2) is 46.9 Å². The Labute approximate surface area is 171 Å². The van der Waals surface area contributed by atoms with Crippen molar-refractivity contribution in [1.82, 2.24) is 0 Å². The summed E-state index contributed by atoms with van der Waals surface area (Å²) in [5.41, 5.74) is 0.969. The van der Waals surface area contributed by atoms with Crippen molar-refractivity contribution in [2.75, 3.05) is 22.4 Å². The minimum atomic E-state index is -3.57. The third kappa shape index (κ3) is 6.16. The van der Waals surface area contributed by atoms with E-state index in [2.05, 4.69) is 21.2 Å². The van der Waals surface area contributed by atoms with E-state index in [1.54, 1.807) is 18.2 Å². The first kappa shape index (κ1) is 21.0. The molecule has 2 aromatic rings. The molecule has 5 nitrogen and oxygen atoms in total. The predicted molar refractivity (Wildman–Crippen MR) is 111 cm³/mol. The number of halogens is 3. The van der Waals surface area contributed by atoms with E-state index in [9.17, 15) is 13.2 Å². The molecule has 26 heavy (non-hydrogen) atoms. The predicted octanol–water partition coefficient (Wildman–Crippen LogP) is 4.94. The van der Waals surface area contributed by atoms with E-state index in [-0.39, 0.29) is 23.9 Å². The van der Waals surface area contributed by atoms with Gasteiger partial charge < -0.3 is 5.32 Å². The molecule has 2 rings (SSSR count). The lowest BCUT2D eigenvalue weighted by molar-refractivity contribution is -0.116. The minimum absolute atomic E-state index is 0.116. The topological polar surface area (TPSA) is 66.5 Å². The summed E-state index contributed by atoms with van der Waals surface area (Å²) in [5.74, 6) is -0.200. The number of nitrogens with one attached hydrogen (secondary N) is 1. The molecule has 0 atom stereocenters. The number of amides is 1. The second-order valence-electron chi connectivity index (χ2n) is 5.59. The van der Waals surface area contributed by atoms with Gasteiger partial charge in [0.25, 0.3) is 0 Å². The van der Waals surface area contributed by atoms with Gasteiger partial charge in [-0.05, 0) is 42.8 Å². The van der Waals surface area contributed by atoms with Crippen molar-refractivity contribution in [3.05, 3.63) is 57.0 Å². The lowest BCUT2D eigenvalue weighted by atomic mass is 10.2. The molecular weight excluding hydrogens is 463 g/mol. The average Bonchev–Trinajstić information content (AvgIpc) is 2.53. The molecule has 0 aromatic heterocycles. The molecule has 0 heterocycles. The SMILES string of the molecule is CS(=O)(=O)N(CCCC(=O)Nc1cccc(Br)c1)c1cc(Cl)ccc1Cl. The first-order chi connectivity index (χ1) is 12.2. The lowest BCUT2D eigenvalue weighted by Crippen LogP contribution is -2.31. The fourth-order valence-electron chi connectivity index (χ4n) is 2.31. The quantitative estimate of drug-likeness (QED) is 0.611. The summed E-state index contributed by atoms with van der Waals surface area (Å²) < 4.78 is 26.3. The maximum atomic E-state index is 12.1.